The van der Waals surface area contributed by atoms with Crippen molar-refractivity contribution in [1.82, 2.24) is 0 Å². The molecular formula is C20H20FNO5. The maximum absolute atomic E-state index is 14.1. The van der Waals surface area contributed by atoms with Gasteiger partial charge in [-0.15, -0.1) is 0 Å². The van der Waals surface area contributed by atoms with Gasteiger partial charge in [-0.25, -0.2) is 9.18 Å². The van der Waals surface area contributed by atoms with Gasteiger partial charge in [0, 0.05) is 6.61 Å². The standard InChI is InChI=1S/C20H20FNO5/c1-12-4-7-17(18(9-12)27-11-14-3-2-8-26-14)22-19(23)15-6-5-13(20(24)25)10-16(15)21/h4-7,9-10,14H,2-3,8,11H2,1H3,(H,22,23)(H,24,25). The number of hydrogen-bond acceptors (Lipinski definition) is 4. The van der Waals surface area contributed by atoms with Gasteiger partial charge < -0.3 is 19.9 Å². The number of carbonyl (C=O) groups excluding carboxylic acids is 1. The van der Waals surface area contributed by atoms with Gasteiger partial charge in [0.25, 0.3) is 5.91 Å². The molecule has 0 radical (unpaired) electrons. The summed E-state index contributed by atoms with van der Waals surface area (Å²) in [6.45, 7) is 2.99. The van der Waals surface area contributed by atoms with Crippen LogP contribution in [0.2, 0.25) is 0 Å². The number of aromatic carboxylic acids is 1. The zero-order valence-corrected chi connectivity index (χ0v) is 14.8. The van der Waals surface area contributed by atoms with E-state index in [1.165, 1.54) is 6.07 Å². The molecular weight excluding hydrogens is 353 g/mol. The third-order valence-corrected chi connectivity index (χ3v) is 4.29. The number of ether oxygens (including phenoxy) is 2. The van der Waals surface area contributed by atoms with Crippen LogP contribution in [0.1, 0.15) is 39.1 Å². The predicted octanol–water partition coefficient (Wildman–Crippen LogP) is 3.64. The molecule has 2 aromatic carbocycles. The minimum atomic E-state index is -1.26. The summed E-state index contributed by atoms with van der Waals surface area (Å²) in [5, 5.41) is 11.5. The molecule has 3 rings (SSSR count). The minimum absolute atomic E-state index is 0.0232. The highest BCUT2D eigenvalue weighted by atomic mass is 19.1. The number of amides is 1. The molecule has 0 spiro atoms. The lowest BCUT2D eigenvalue weighted by molar-refractivity contribution is 0.0681. The highest BCUT2D eigenvalue weighted by Gasteiger charge is 2.19. The van der Waals surface area contributed by atoms with Crippen LogP contribution in [0.3, 0.4) is 0 Å². The summed E-state index contributed by atoms with van der Waals surface area (Å²) in [7, 11) is 0. The smallest absolute Gasteiger partial charge is 0.335 e. The van der Waals surface area contributed by atoms with Gasteiger partial charge >= 0.3 is 5.97 Å². The highest BCUT2D eigenvalue weighted by Crippen LogP contribution is 2.28. The van der Waals surface area contributed by atoms with Gasteiger partial charge in [0.2, 0.25) is 0 Å². The maximum Gasteiger partial charge on any atom is 0.335 e. The van der Waals surface area contributed by atoms with E-state index in [0.29, 0.717) is 18.0 Å². The lowest BCUT2D eigenvalue weighted by Crippen LogP contribution is -2.18. The van der Waals surface area contributed by atoms with E-state index in [1.807, 2.05) is 6.92 Å². The molecule has 0 aromatic heterocycles. The predicted molar refractivity (Wildman–Crippen MR) is 97.0 cm³/mol. The van der Waals surface area contributed by atoms with Crippen molar-refractivity contribution >= 4 is 17.6 Å². The van der Waals surface area contributed by atoms with Crippen LogP contribution in [0.25, 0.3) is 0 Å². The van der Waals surface area contributed by atoms with Crippen molar-refractivity contribution in [3.05, 3.63) is 58.9 Å². The van der Waals surface area contributed by atoms with Gasteiger partial charge in [-0.3, -0.25) is 4.79 Å². The second-order valence-corrected chi connectivity index (χ2v) is 6.40. The zero-order valence-electron chi connectivity index (χ0n) is 14.8. The van der Waals surface area contributed by atoms with Crippen molar-refractivity contribution in [3.63, 3.8) is 0 Å². The number of aryl methyl sites for hydroxylation is 1. The Kier molecular flexibility index (Phi) is 5.71. The molecule has 142 valence electrons. The van der Waals surface area contributed by atoms with Gasteiger partial charge in [0.05, 0.1) is 22.9 Å². The van der Waals surface area contributed by atoms with E-state index in [1.54, 1.807) is 18.2 Å². The van der Waals surface area contributed by atoms with E-state index in [4.69, 9.17) is 14.6 Å². The average Bonchev–Trinajstić information content (AvgIpc) is 3.15. The summed E-state index contributed by atoms with van der Waals surface area (Å²) in [6, 6.07) is 8.43. The van der Waals surface area contributed by atoms with Crippen LogP contribution < -0.4 is 10.1 Å². The third kappa shape index (κ3) is 4.62. The van der Waals surface area contributed by atoms with E-state index in [2.05, 4.69) is 5.32 Å². The van der Waals surface area contributed by atoms with E-state index in [0.717, 1.165) is 37.1 Å². The minimum Gasteiger partial charge on any atom is -0.489 e. The van der Waals surface area contributed by atoms with Crippen LogP contribution in [0, 0.1) is 12.7 Å². The second kappa shape index (κ2) is 8.18. The normalized spacial score (nSPS) is 16.1. The molecule has 2 N–H and O–H groups in total. The summed E-state index contributed by atoms with van der Waals surface area (Å²) in [5.41, 5.74) is 0.892. The lowest BCUT2D eigenvalue weighted by atomic mass is 10.1. The number of hydrogen-bond donors (Lipinski definition) is 2. The Bertz CT molecular complexity index is 861. The number of nitrogens with one attached hydrogen (secondary N) is 1. The molecule has 1 aliphatic heterocycles. The van der Waals surface area contributed by atoms with E-state index >= 15 is 0 Å². The first kappa shape index (κ1) is 18.8. The number of carbonyl (C=O) groups is 2. The largest absolute Gasteiger partial charge is 0.489 e. The van der Waals surface area contributed by atoms with Crippen LogP contribution in [0.15, 0.2) is 36.4 Å². The molecule has 7 heteroatoms. The Morgan fingerprint density at radius 1 is 1.30 bits per heavy atom. The van der Waals surface area contributed by atoms with Gasteiger partial charge in [-0.05, 0) is 55.7 Å². The van der Waals surface area contributed by atoms with Crippen LogP contribution >= 0.6 is 0 Å². The zero-order chi connectivity index (χ0) is 19.4. The Hall–Kier alpha value is -2.93. The average molecular weight is 373 g/mol. The van der Waals surface area contributed by atoms with Gasteiger partial charge in [0.1, 0.15) is 18.2 Å². The molecule has 27 heavy (non-hydrogen) atoms. The maximum atomic E-state index is 14.1. The van der Waals surface area contributed by atoms with Crippen molar-refractivity contribution in [2.45, 2.75) is 25.9 Å². The molecule has 1 unspecified atom stereocenters. The van der Waals surface area contributed by atoms with E-state index < -0.39 is 17.7 Å². The molecule has 1 saturated heterocycles. The molecule has 1 fully saturated rings. The van der Waals surface area contributed by atoms with Crippen molar-refractivity contribution in [2.75, 3.05) is 18.5 Å². The number of halogens is 1. The van der Waals surface area contributed by atoms with Crippen molar-refractivity contribution in [2.24, 2.45) is 0 Å². The van der Waals surface area contributed by atoms with Gasteiger partial charge in [0.15, 0.2) is 0 Å². The molecule has 2 aromatic rings. The Labute approximate surface area is 155 Å². The molecule has 0 bridgehead atoms. The third-order valence-electron chi connectivity index (χ3n) is 4.29. The molecule has 0 aliphatic carbocycles. The summed E-state index contributed by atoms with van der Waals surface area (Å²) >= 11 is 0. The number of rotatable bonds is 6. The first-order chi connectivity index (χ1) is 12.9. The fourth-order valence-electron chi connectivity index (χ4n) is 2.83. The van der Waals surface area contributed by atoms with Crippen molar-refractivity contribution < 1.29 is 28.6 Å². The van der Waals surface area contributed by atoms with Crippen LogP contribution in [-0.4, -0.2) is 36.3 Å². The van der Waals surface area contributed by atoms with E-state index in [-0.39, 0.29) is 17.2 Å². The van der Waals surface area contributed by atoms with Crippen LogP contribution in [-0.2, 0) is 4.74 Å². The Morgan fingerprint density at radius 2 is 2.11 bits per heavy atom. The van der Waals surface area contributed by atoms with Crippen LogP contribution in [0.5, 0.6) is 5.75 Å². The fourth-order valence-corrected chi connectivity index (χ4v) is 2.83. The SMILES string of the molecule is Cc1ccc(NC(=O)c2ccc(C(=O)O)cc2F)c(OCC2CCCO2)c1. The molecule has 1 heterocycles. The molecule has 1 atom stereocenters. The Balaban J connectivity index is 1.76. The number of benzene rings is 2. The molecule has 0 saturated carbocycles. The summed E-state index contributed by atoms with van der Waals surface area (Å²) in [5.74, 6) is -2.37. The summed E-state index contributed by atoms with van der Waals surface area (Å²) < 4.78 is 25.4. The second-order valence-electron chi connectivity index (χ2n) is 6.40. The van der Waals surface area contributed by atoms with Gasteiger partial charge in [-0.1, -0.05) is 6.07 Å². The quantitative estimate of drug-likeness (QED) is 0.807. The molecule has 1 amide bonds. The van der Waals surface area contributed by atoms with Crippen LogP contribution in [0.4, 0.5) is 10.1 Å². The van der Waals surface area contributed by atoms with Crippen molar-refractivity contribution in [1.29, 1.82) is 0 Å². The fraction of sp³-hybridized carbons (Fsp3) is 0.300. The Morgan fingerprint density at radius 3 is 2.78 bits per heavy atom. The summed E-state index contributed by atoms with van der Waals surface area (Å²) in [4.78, 5) is 23.3. The lowest BCUT2D eigenvalue weighted by Gasteiger charge is -2.16. The van der Waals surface area contributed by atoms with Crippen molar-refractivity contribution in [3.8, 4) is 5.75 Å². The molecule has 6 nitrogen and oxygen atoms in total. The number of carboxylic acids is 1. The van der Waals surface area contributed by atoms with E-state index in [9.17, 15) is 14.0 Å². The number of anilines is 1. The highest BCUT2D eigenvalue weighted by molar-refractivity contribution is 6.05. The monoisotopic (exact) mass is 373 g/mol. The first-order valence-corrected chi connectivity index (χ1v) is 8.63. The van der Waals surface area contributed by atoms with Gasteiger partial charge in [-0.2, -0.15) is 0 Å². The number of carboxylic acid groups (broad SMARTS) is 1. The summed E-state index contributed by atoms with van der Waals surface area (Å²) in [6.07, 6.45) is 1.95. The topological polar surface area (TPSA) is 84.9 Å². The first-order valence-electron chi connectivity index (χ1n) is 8.63. The molecule has 1 aliphatic rings.